The molecule has 2 fully saturated rings. The van der Waals surface area contributed by atoms with Crippen LogP contribution in [0.2, 0.25) is 0 Å². The third-order valence-corrected chi connectivity index (χ3v) is 5.14. The van der Waals surface area contributed by atoms with Crippen molar-refractivity contribution in [3.05, 3.63) is 42.0 Å². The Labute approximate surface area is 125 Å². The maximum absolute atomic E-state index is 13.0. The fraction of sp³-hybridized carbons (Fsp3) is 0.375. The summed E-state index contributed by atoms with van der Waals surface area (Å²) < 4.78 is 11.8. The lowest BCUT2D eigenvalue weighted by atomic mass is 9.76. The molecule has 4 aliphatic rings. The summed E-state index contributed by atoms with van der Waals surface area (Å²) in [6.07, 6.45) is 2.42. The molecule has 0 radical (unpaired) electrons. The van der Waals surface area contributed by atoms with Gasteiger partial charge in [-0.2, -0.15) is 0 Å². The maximum Gasteiger partial charge on any atom is 0.310 e. The van der Waals surface area contributed by atoms with Crippen molar-refractivity contribution in [3.8, 4) is 0 Å². The van der Waals surface area contributed by atoms with E-state index < -0.39 is 35.7 Å². The topological polar surface area (TPSA) is 76.1 Å². The molecular formula is C16H13NO5. The molecule has 0 aromatic heterocycles. The van der Waals surface area contributed by atoms with E-state index >= 15 is 0 Å². The van der Waals surface area contributed by atoms with Crippen molar-refractivity contribution in [1.82, 2.24) is 0 Å². The number of carboxylic acid groups (broad SMARTS) is 1. The van der Waals surface area contributed by atoms with Crippen LogP contribution in [0.15, 0.2) is 36.4 Å². The molecule has 0 aliphatic carbocycles. The Morgan fingerprint density at radius 1 is 1.36 bits per heavy atom. The lowest BCUT2D eigenvalue weighted by Crippen LogP contribution is -2.49. The van der Waals surface area contributed by atoms with Gasteiger partial charge < -0.3 is 14.6 Å². The quantitative estimate of drug-likeness (QED) is 0.780. The highest BCUT2D eigenvalue weighted by Crippen LogP contribution is 2.57. The Bertz CT molecular complexity index is 744. The molecule has 4 aliphatic heterocycles. The van der Waals surface area contributed by atoms with E-state index in [1.807, 2.05) is 30.3 Å². The summed E-state index contributed by atoms with van der Waals surface area (Å²) in [6, 6.07) is 7.53. The van der Waals surface area contributed by atoms with Gasteiger partial charge in [0.15, 0.2) is 6.23 Å². The molecule has 2 bridgehead atoms. The molecule has 5 rings (SSSR count). The molecule has 1 N–H and O–H groups in total. The number of para-hydroxylation sites is 1. The van der Waals surface area contributed by atoms with Crippen LogP contribution in [0.1, 0.15) is 5.56 Å². The minimum atomic E-state index is -0.997. The second-order valence-corrected chi connectivity index (χ2v) is 6.14. The van der Waals surface area contributed by atoms with E-state index in [0.29, 0.717) is 6.61 Å². The lowest BCUT2D eigenvalue weighted by molar-refractivity contribution is -0.146. The number of aliphatic carboxylic acids is 1. The number of amides is 1. The zero-order chi connectivity index (χ0) is 15.1. The zero-order valence-electron chi connectivity index (χ0n) is 11.5. The van der Waals surface area contributed by atoms with E-state index in [2.05, 4.69) is 0 Å². The van der Waals surface area contributed by atoms with Gasteiger partial charge in [0.05, 0.1) is 24.3 Å². The molecule has 1 spiro atoms. The van der Waals surface area contributed by atoms with Gasteiger partial charge >= 0.3 is 5.97 Å². The third kappa shape index (κ3) is 1.20. The molecule has 0 saturated carbocycles. The van der Waals surface area contributed by atoms with Crippen molar-refractivity contribution in [2.45, 2.75) is 24.5 Å². The molecule has 2 unspecified atom stereocenters. The van der Waals surface area contributed by atoms with Gasteiger partial charge in [-0.25, -0.2) is 0 Å². The Morgan fingerprint density at radius 2 is 2.18 bits per heavy atom. The minimum Gasteiger partial charge on any atom is -0.481 e. The number of fused-ring (bicyclic) bond motifs is 4. The van der Waals surface area contributed by atoms with Crippen molar-refractivity contribution < 1.29 is 24.2 Å². The molecule has 5 atom stereocenters. The van der Waals surface area contributed by atoms with Crippen molar-refractivity contribution in [1.29, 1.82) is 0 Å². The van der Waals surface area contributed by atoms with Crippen LogP contribution >= 0.6 is 0 Å². The van der Waals surface area contributed by atoms with Crippen molar-refractivity contribution in [2.75, 3.05) is 4.90 Å². The number of carboxylic acids is 1. The lowest BCUT2D eigenvalue weighted by Gasteiger charge is -2.37. The number of rotatable bonds is 1. The van der Waals surface area contributed by atoms with Crippen molar-refractivity contribution >= 4 is 17.6 Å². The van der Waals surface area contributed by atoms with Gasteiger partial charge in [0.2, 0.25) is 5.91 Å². The van der Waals surface area contributed by atoms with Crippen LogP contribution in [-0.2, 0) is 25.7 Å². The fourth-order valence-electron chi connectivity index (χ4n) is 4.28. The number of hydrogen-bond acceptors (Lipinski definition) is 4. The van der Waals surface area contributed by atoms with E-state index in [4.69, 9.17) is 9.47 Å². The van der Waals surface area contributed by atoms with Gasteiger partial charge in [0, 0.05) is 5.56 Å². The molecule has 4 heterocycles. The molecule has 1 aromatic carbocycles. The third-order valence-electron chi connectivity index (χ3n) is 5.14. The van der Waals surface area contributed by atoms with E-state index in [0.717, 1.165) is 11.3 Å². The molecule has 22 heavy (non-hydrogen) atoms. The normalized spacial score (nSPS) is 40.5. The molecule has 6 nitrogen and oxygen atoms in total. The molecule has 6 heteroatoms. The first-order valence-electron chi connectivity index (χ1n) is 7.26. The standard InChI is InChI=1S/C16H13NO5/c18-13-12-11(14(19)20)10-5-6-16(12,22-10)15-17(13)9-4-2-1-3-8(9)7-21-15/h1-6,10-12,15H,7H2,(H,19,20)/t10-,11?,12+,15?,16+/m1/s1. The number of benzene rings is 1. The van der Waals surface area contributed by atoms with E-state index in [1.165, 1.54) is 0 Å². The minimum absolute atomic E-state index is 0.226. The van der Waals surface area contributed by atoms with Crippen LogP contribution in [-0.4, -0.2) is 34.9 Å². The largest absolute Gasteiger partial charge is 0.481 e. The highest BCUT2D eigenvalue weighted by atomic mass is 16.6. The average Bonchev–Trinajstić information content (AvgIpc) is 3.16. The van der Waals surface area contributed by atoms with Crippen molar-refractivity contribution in [2.24, 2.45) is 11.8 Å². The summed E-state index contributed by atoms with van der Waals surface area (Å²) >= 11 is 0. The smallest absolute Gasteiger partial charge is 0.310 e. The number of anilines is 1. The second kappa shape index (κ2) is 3.77. The number of nitrogens with zero attached hydrogens (tertiary/aromatic N) is 1. The molecule has 112 valence electrons. The number of carbonyl (C=O) groups is 2. The van der Waals surface area contributed by atoms with Gasteiger partial charge in [0.25, 0.3) is 0 Å². The highest BCUT2D eigenvalue weighted by molar-refractivity contribution is 6.03. The van der Waals surface area contributed by atoms with Gasteiger partial charge in [-0.1, -0.05) is 24.3 Å². The number of ether oxygens (including phenoxy) is 2. The van der Waals surface area contributed by atoms with Gasteiger partial charge in [-0.3, -0.25) is 14.5 Å². The SMILES string of the molecule is O=C(O)C1[C@H]2C(=O)N3c4ccccc4COC3[C@]23C=C[C@H]1O3. The first-order chi connectivity index (χ1) is 10.6. The summed E-state index contributed by atoms with van der Waals surface area (Å²) in [5.74, 6) is -2.80. The molecular weight excluding hydrogens is 286 g/mol. The second-order valence-electron chi connectivity index (χ2n) is 6.14. The Morgan fingerprint density at radius 3 is 3.00 bits per heavy atom. The van der Waals surface area contributed by atoms with Crippen LogP contribution in [0.4, 0.5) is 5.69 Å². The molecule has 1 aromatic rings. The van der Waals surface area contributed by atoms with E-state index in [-0.39, 0.29) is 5.91 Å². The molecule has 2 saturated heterocycles. The van der Waals surface area contributed by atoms with Gasteiger partial charge in [-0.15, -0.1) is 0 Å². The predicted molar refractivity (Wildman–Crippen MR) is 73.9 cm³/mol. The monoisotopic (exact) mass is 299 g/mol. The van der Waals surface area contributed by atoms with E-state index in [1.54, 1.807) is 11.0 Å². The Hall–Kier alpha value is -2.18. The van der Waals surface area contributed by atoms with Gasteiger partial charge in [-0.05, 0) is 12.1 Å². The summed E-state index contributed by atoms with van der Waals surface area (Å²) in [5, 5.41) is 9.50. The van der Waals surface area contributed by atoms with Crippen LogP contribution in [0.3, 0.4) is 0 Å². The van der Waals surface area contributed by atoms with Crippen molar-refractivity contribution in [3.63, 3.8) is 0 Å². The summed E-state index contributed by atoms with van der Waals surface area (Å²) in [4.78, 5) is 26.1. The zero-order valence-corrected chi connectivity index (χ0v) is 11.5. The summed E-state index contributed by atoms with van der Waals surface area (Å²) in [7, 11) is 0. The highest BCUT2D eigenvalue weighted by Gasteiger charge is 2.72. The summed E-state index contributed by atoms with van der Waals surface area (Å²) in [5.41, 5.74) is 0.740. The number of carbonyl (C=O) groups excluding carboxylic acids is 1. The van der Waals surface area contributed by atoms with Crippen LogP contribution in [0.25, 0.3) is 0 Å². The van der Waals surface area contributed by atoms with Gasteiger partial charge in [0.1, 0.15) is 11.5 Å². The number of hydrogen-bond donors (Lipinski definition) is 1. The van der Waals surface area contributed by atoms with E-state index in [9.17, 15) is 14.7 Å². The average molecular weight is 299 g/mol. The maximum atomic E-state index is 13.0. The first-order valence-corrected chi connectivity index (χ1v) is 7.26. The summed E-state index contributed by atoms with van der Waals surface area (Å²) in [6.45, 7) is 0.388. The first kappa shape index (κ1) is 12.4. The Kier molecular flexibility index (Phi) is 2.12. The van der Waals surface area contributed by atoms with Crippen LogP contribution < -0.4 is 4.90 Å². The van der Waals surface area contributed by atoms with Crippen LogP contribution in [0, 0.1) is 11.8 Å². The predicted octanol–water partition coefficient (Wildman–Crippen LogP) is 0.914. The van der Waals surface area contributed by atoms with Crippen LogP contribution in [0.5, 0.6) is 0 Å². The Balaban J connectivity index is 1.69. The fourth-order valence-corrected chi connectivity index (χ4v) is 4.28. The molecule has 1 amide bonds.